The number of anilines is 1. The van der Waals surface area contributed by atoms with Crippen LogP contribution in [-0.2, 0) is 6.54 Å². The van der Waals surface area contributed by atoms with Crippen LogP contribution in [0.1, 0.15) is 11.1 Å². The molecule has 4 heteroatoms. The Morgan fingerprint density at radius 2 is 1.74 bits per heavy atom. The molecule has 0 saturated heterocycles. The predicted molar refractivity (Wildman–Crippen MR) is 81.1 cm³/mol. The van der Waals surface area contributed by atoms with Gasteiger partial charge in [-0.25, -0.2) is 0 Å². The highest BCUT2D eigenvalue weighted by molar-refractivity contribution is 7.80. The van der Waals surface area contributed by atoms with E-state index < -0.39 is 0 Å². The Hall–Kier alpha value is -1.91. The quantitative estimate of drug-likeness (QED) is 0.845. The lowest BCUT2D eigenvalue weighted by Crippen LogP contribution is -2.47. The molecule has 0 aliphatic carbocycles. The van der Waals surface area contributed by atoms with Gasteiger partial charge in [-0.2, -0.15) is 0 Å². The van der Waals surface area contributed by atoms with E-state index in [9.17, 15) is 0 Å². The molecule has 0 unspecified atom stereocenters. The van der Waals surface area contributed by atoms with Gasteiger partial charge >= 0.3 is 0 Å². The van der Waals surface area contributed by atoms with Gasteiger partial charge in [0.1, 0.15) is 5.75 Å². The largest absolute Gasteiger partial charge is 0.432 e. The topological polar surface area (TPSA) is 48.9 Å². The fraction of sp³-hybridized carbons (Fsp3) is 0.133. The van der Waals surface area contributed by atoms with Gasteiger partial charge in [0.05, 0.1) is 6.54 Å². The minimum atomic E-state index is 0.339. The first-order valence-corrected chi connectivity index (χ1v) is 6.52. The van der Waals surface area contributed by atoms with Crippen molar-refractivity contribution in [3.05, 3.63) is 59.7 Å². The van der Waals surface area contributed by atoms with E-state index in [1.165, 1.54) is 11.1 Å². The Bertz CT molecular complexity index is 549. The maximum absolute atomic E-state index is 5.54. The van der Waals surface area contributed by atoms with Gasteiger partial charge in [0.2, 0.25) is 0 Å². The minimum Gasteiger partial charge on any atom is -0.432 e. The molecule has 0 aromatic heterocycles. The summed E-state index contributed by atoms with van der Waals surface area (Å²) in [5.41, 5.74) is 7.13. The second kappa shape index (κ2) is 6.31. The van der Waals surface area contributed by atoms with Crippen LogP contribution >= 0.6 is 12.2 Å². The number of hydrogen-bond donors (Lipinski definition) is 2. The molecule has 0 bridgehead atoms. The Balaban J connectivity index is 1.95. The van der Waals surface area contributed by atoms with Crippen LogP contribution in [0.25, 0.3) is 0 Å². The molecular weight excluding hydrogens is 256 g/mol. The number of quaternary nitrogens is 1. The number of benzene rings is 2. The molecule has 4 N–H and O–H groups in total. The monoisotopic (exact) mass is 273 g/mol. The van der Waals surface area contributed by atoms with Gasteiger partial charge < -0.3 is 15.8 Å². The third-order valence-electron chi connectivity index (χ3n) is 2.72. The maximum Gasteiger partial charge on any atom is 0.266 e. The summed E-state index contributed by atoms with van der Waals surface area (Å²) in [5.74, 6) is 0.734. The van der Waals surface area contributed by atoms with E-state index in [0.717, 1.165) is 18.0 Å². The Morgan fingerprint density at radius 3 is 2.32 bits per heavy atom. The molecule has 3 nitrogen and oxygen atoms in total. The summed E-state index contributed by atoms with van der Waals surface area (Å²) in [7, 11) is 0. The summed E-state index contributed by atoms with van der Waals surface area (Å²) in [6, 6.07) is 15.7. The zero-order valence-electron chi connectivity index (χ0n) is 10.8. The van der Waals surface area contributed by atoms with Crippen LogP contribution in [-0.4, -0.2) is 5.17 Å². The molecule has 2 aromatic rings. The maximum atomic E-state index is 5.54. The Kier molecular flexibility index (Phi) is 4.49. The van der Waals surface area contributed by atoms with Crippen molar-refractivity contribution < 1.29 is 10.5 Å². The first-order chi connectivity index (χ1) is 9.17. The SMILES string of the molecule is Cc1ccc(OC(=S)Nc2ccc(C[NH3+])cc2)cc1. The lowest BCUT2D eigenvalue weighted by atomic mass is 10.2. The molecule has 0 spiro atoms. The first kappa shape index (κ1) is 13.5. The molecule has 98 valence electrons. The highest BCUT2D eigenvalue weighted by Gasteiger charge is 2.01. The average Bonchev–Trinajstić information content (AvgIpc) is 2.42. The third kappa shape index (κ3) is 4.05. The second-order valence-electron chi connectivity index (χ2n) is 4.27. The van der Waals surface area contributed by atoms with E-state index in [0.29, 0.717) is 5.17 Å². The first-order valence-electron chi connectivity index (χ1n) is 6.11. The number of nitrogens with one attached hydrogen (secondary N) is 1. The fourth-order valence-electron chi connectivity index (χ4n) is 1.61. The Morgan fingerprint density at radius 1 is 1.11 bits per heavy atom. The molecule has 0 atom stereocenters. The summed E-state index contributed by atoms with van der Waals surface area (Å²) in [5, 5.41) is 3.38. The van der Waals surface area contributed by atoms with Crippen LogP contribution in [0.4, 0.5) is 5.69 Å². The molecule has 19 heavy (non-hydrogen) atoms. The molecule has 0 amide bonds. The van der Waals surface area contributed by atoms with Gasteiger partial charge in [-0.3, -0.25) is 0 Å². The van der Waals surface area contributed by atoms with Gasteiger partial charge in [-0.05, 0) is 43.4 Å². The normalized spacial score (nSPS) is 10.0. The van der Waals surface area contributed by atoms with Crippen LogP contribution in [0.5, 0.6) is 5.75 Å². The van der Waals surface area contributed by atoms with E-state index in [1.807, 2.05) is 55.5 Å². The lowest BCUT2D eigenvalue weighted by Gasteiger charge is -2.09. The number of ether oxygens (including phenoxy) is 1. The molecule has 2 aromatic carbocycles. The van der Waals surface area contributed by atoms with E-state index >= 15 is 0 Å². The summed E-state index contributed by atoms with van der Waals surface area (Å²) in [6.07, 6.45) is 0. The highest BCUT2D eigenvalue weighted by Crippen LogP contribution is 2.14. The van der Waals surface area contributed by atoms with Gasteiger partial charge in [0.15, 0.2) is 0 Å². The van der Waals surface area contributed by atoms with E-state index in [4.69, 9.17) is 17.0 Å². The van der Waals surface area contributed by atoms with E-state index in [2.05, 4.69) is 11.1 Å². The van der Waals surface area contributed by atoms with Crippen LogP contribution in [0.15, 0.2) is 48.5 Å². The molecule has 0 radical (unpaired) electrons. The van der Waals surface area contributed by atoms with Crippen LogP contribution in [0.2, 0.25) is 0 Å². The van der Waals surface area contributed by atoms with E-state index in [-0.39, 0.29) is 0 Å². The smallest absolute Gasteiger partial charge is 0.266 e. The summed E-state index contributed by atoms with van der Waals surface area (Å²) in [4.78, 5) is 0. The van der Waals surface area contributed by atoms with Crippen molar-refractivity contribution in [3.8, 4) is 5.75 Å². The molecule has 2 rings (SSSR count). The van der Waals surface area contributed by atoms with Crippen molar-refractivity contribution in [1.82, 2.24) is 0 Å². The number of thiocarbonyl (C=S) groups is 1. The van der Waals surface area contributed by atoms with Crippen molar-refractivity contribution in [2.24, 2.45) is 0 Å². The van der Waals surface area contributed by atoms with Crippen LogP contribution < -0.4 is 15.8 Å². The molecule has 0 aliphatic rings. The number of aryl methyl sites for hydroxylation is 1. The predicted octanol–water partition coefficient (Wildman–Crippen LogP) is 2.51. The molecular formula is C15H17N2OS+. The third-order valence-corrected chi connectivity index (χ3v) is 2.91. The van der Waals surface area contributed by atoms with Gasteiger partial charge in [-0.1, -0.05) is 29.8 Å². The summed E-state index contributed by atoms with van der Waals surface area (Å²) < 4.78 is 5.54. The lowest BCUT2D eigenvalue weighted by molar-refractivity contribution is -0.386. The van der Waals surface area contributed by atoms with Crippen LogP contribution in [0.3, 0.4) is 0 Å². The minimum absolute atomic E-state index is 0.339. The van der Waals surface area contributed by atoms with Gasteiger partial charge in [0.25, 0.3) is 5.17 Å². The Labute approximate surface area is 118 Å². The highest BCUT2D eigenvalue weighted by atomic mass is 32.1. The second-order valence-corrected chi connectivity index (χ2v) is 4.65. The summed E-state index contributed by atoms with van der Waals surface area (Å²) in [6.45, 7) is 2.81. The van der Waals surface area contributed by atoms with Crippen molar-refractivity contribution in [2.75, 3.05) is 5.32 Å². The van der Waals surface area contributed by atoms with Gasteiger partial charge in [0, 0.05) is 11.3 Å². The van der Waals surface area contributed by atoms with Crippen molar-refractivity contribution >= 4 is 23.1 Å². The van der Waals surface area contributed by atoms with E-state index in [1.54, 1.807) is 0 Å². The van der Waals surface area contributed by atoms with Crippen LogP contribution in [0, 0.1) is 6.92 Å². The standard InChI is InChI=1S/C15H16N2OS/c1-11-2-8-14(9-3-11)18-15(19)17-13-6-4-12(10-16)5-7-13/h2-9H,10,16H2,1H3,(H,17,19)/p+1. The summed E-state index contributed by atoms with van der Waals surface area (Å²) >= 11 is 5.17. The van der Waals surface area contributed by atoms with Crippen molar-refractivity contribution in [2.45, 2.75) is 13.5 Å². The van der Waals surface area contributed by atoms with Gasteiger partial charge in [-0.15, -0.1) is 0 Å². The molecule has 0 saturated carbocycles. The molecule has 0 heterocycles. The average molecular weight is 273 g/mol. The number of hydrogen-bond acceptors (Lipinski definition) is 2. The van der Waals surface area contributed by atoms with Crippen molar-refractivity contribution in [1.29, 1.82) is 0 Å². The number of rotatable bonds is 3. The molecule has 0 fully saturated rings. The van der Waals surface area contributed by atoms with Crippen molar-refractivity contribution in [3.63, 3.8) is 0 Å². The fourth-order valence-corrected chi connectivity index (χ4v) is 1.83. The zero-order chi connectivity index (χ0) is 13.7. The zero-order valence-corrected chi connectivity index (χ0v) is 11.7. The molecule has 0 aliphatic heterocycles.